The lowest BCUT2D eigenvalue weighted by Gasteiger charge is -2.60. The molecule has 8 atom stereocenters. The number of hydrogen-bond donors (Lipinski definition) is 0. The van der Waals surface area contributed by atoms with Gasteiger partial charge in [0, 0.05) is 25.7 Å². The summed E-state index contributed by atoms with van der Waals surface area (Å²) in [6, 6.07) is 0. The lowest BCUT2D eigenvalue weighted by atomic mass is 9.45. The Balaban J connectivity index is 1.54. The zero-order chi connectivity index (χ0) is 20.3. The summed E-state index contributed by atoms with van der Waals surface area (Å²) >= 11 is 0. The van der Waals surface area contributed by atoms with E-state index < -0.39 is 6.10 Å². The van der Waals surface area contributed by atoms with Gasteiger partial charge < -0.3 is 9.47 Å². The molecule has 0 aliphatic heterocycles. The lowest BCUT2D eigenvalue weighted by Crippen LogP contribution is -2.55. The third-order valence-electron chi connectivity index (χ3n) is 8.98. The van der Waals surface area contributed by atoms with E-state index in [0.717, 1.165) is 44.9 Å². The van der Waals surface area contributed by atoms with Gasteiger partial charge in [-0.3, -0.25) is 14.4 Å². The van der Waals surface area contributed by atoms with E-state index in [2.05, 4.69) is 13.8 Å². The molecule has 0 N–H and O–H groups in total. The highest BCUT2D eigenvalue weighted by Gasteiger charge is 2.63. The highest BCUT2D eigenvalue weighted by atomic mass is 16.5. The Hall–Kier alpha value is -1.39. The van der Waals surface area contributed by atoms with Crippen LogP contribution in [0.1, 0.15) is 79.1 Å². The third-order valence-corrected chi connectivity index (χ3v) is 8.98. The van der Waals surface area contributed by atoms with Crippen molar-refractivity contribution in [3.8, 4) is 0 Å². The molecule has 4 fully saturated rings. The summed E-state index contributed by atoms with van der Waals surface area (Å²) in [5.74, 6) is 1.68. The lowest BCUT2D eigenvalue weighted by molar-refractivity contribution is -0.169. The van der Waals surface area contributed by atoms with E-state index in [9.17, 15) is 14.4 Å². The second-order valence-electron chi connectivity index (χ2n) is 10.4. The average Bonchev–Trinajstić information content (AvgIpc) is 2.85. The van der Waals surface area contributed by atoms with E-state index in [0.29, 0.717) is 30.1 Å². The molecule has 0 bridgehead atoms. The van der Waals surface area contributed by atoms with Crippen LogP contribution in [0.25, 0.3) is 0 Å². The van der Waals surface area contributed by atoms with Crippen LogP contribution in [0, 0.1) is 34.5 Å². The summed E-state index contributed by atoms with van der Waals surface area (Å²) in [7, 11) is 0. The van der Waals surface area contributed by atoms with Gasteiger partial charge in [-0.25, -0.2) is 0 Å². The Labute approximate surface area is 167 Å². The van der Waals surface area contributed by atoms with Crippen molar-refractivity contribution in [2.75, 3.05) is 0 Å². The maximum absolute atomic E-state index is 12.7. The zero-order valence-electron chi connectivity index (χ0n) is 17.7. The van der Waals surface area contributed by atoms with Gasteiger partial charge in [-0.05, 0) is 74.0 Å². The van der Waals surface area contributed by atoms with Crippen LogP contribution in [-0.4, -0.2) is 29.9 Å². The molecule has 0 amide bonds. The molecule has 0 heterocycles. The number of rotatable bonds is 2. The normalized spacial score (nSPS) is 47.5. The Kier molecular flexibility index (Phi) is 4.86. The molecule has 0 spiro atoms. The van der Waals surface area contributed by atoms with Crippen molar-refractivity contribution in [2.45, 2.75) is 91.3 Å². The molecule has 4 rings (SSSR count). The summed E-state index contributed by atoms with van der Waals surface area (Å²) in [4.78, 5) is 35.7. The summed E-state index contributed by atoms with van der Waals surface area (Å²) in [5.41, 5.74) is 0.0610. The average molecular weight is 391 g/mol. The number of fused-ring (bicyclic) bond motifs is 5. The monoisotopic (exact) mass is 390 g/mol. The zero-order valence-corrected chi connectivity index (χ0v) is 17.7. The highest BCUT2D eigenvalue weighted by molar-refractivity contribution is 5.89. The Bertz CT molecular complexity index is 686. The van der Waals surface area contributed by atoms with Crippen molar-refractivity contribution in [1.82, 2.24) is 0 Å². The molecule has 4 aliphatic rings. The topological polar surface area (TPSA) is 69.7 Å². The van der Waals surface area contributed by atoms with Crippen LogP contribution < -0.4 is 0 Å². The fraction of sp³-hybridized carbons (Fsp3) is 0.870. The molecule has 5 nitrogen and oxygen atoms in total. The minimum atomic E-state index is -0.554. The third kappa shape index (κ3) is 3.00. The first kappa shape index (κ1) is 19.9. The molecule has 4 saturated carbocycles. The molecule has 0 saturated heterocycles. The Morgan fingerprint density at radius 2 is 1.57 bits per heavy atom. The van der Waals surface area contributed by atoms with Gasteiger partial charge in [-0.1, -0.05) is 13.8 Å². The molecule has 0 aromatic carbocycles. The number of ketones is 1. The van der Waals surface area contributed by atoms with Crippen LogP contribution >= 0.6 is 0 Å². The number of ether oxygens (including phenoxy) is 2. The van der Waals surface area contributed by atoms with Crippen molar-refractivity contribution in [3.63, 3.8) is 0 Å². The summed E-state index contributed by atoms with van der Waals surface area (Å²) in [5, 5.41) is 0. The molecule has 5 heteroatoms. The summed E-state index contributed by atoms with van der Waals surface area (Å²) < 4.78 is 11.1. The number of Topliss-reactive ketones (excluding diaryl/α,β-unsaturated/α-hetero) is 1. The van der Waals surface area contributed by atoms with E-state index >= 15 is 0 Å². The van der Waals surface area contributed by atoms with Crippen LogP contribution in [-0.2, 0) is 23.9 Å². The summed E-state index contributed by atoms with van der Waals surface area (Å²) in [6.07, 6.45) is 7.46. The molecule has 0 unspecified atom stereocenters. The van der Waals surface area contributed by atoms with Gasteiger partial charge in [-0.15, -0.1) is 0 Å². The van der Waals surface area contributed by atoms with Crippen LogP contribution in [0.2, 0.25) is 0 Å². The van der Waals surface area contributed by atoms with Gasteiger partial charge in [0.25, 0.3) is 0 Å². The fourth-order valence-corrected chi connectivity index (χ4v) is 7.68. The van der Waals surface area contributed by atoms with Crippen molar-refractivity contribution in [3.05, 3.63) is 0 Å². The van der Waals surface area contributed by atoms with Crippen LogP contribution in [0.5, 0.6) is 0 Å². The maximum Gasteiger partial charge on any atom is 0.303 e. The number of esters is 2. The second kappa shape index (κ2) is 6.84. The number of carbonyl (C=O) groups is 3. The van der Waals surface area contributed by atoms with Crippen molar-refractivity contribution in [1.29, 1.82) is 0 Å². The van der Waals surface area contributed by atoms with Crippen molar-refractivity contribution in [2.24, 2.45) is 34.5 Å². The van der Waals surface area contributed by atoms with Crippen LogP contribution in [0.15, 0.2) is 0 Å². The second-order valence-corrected chi connectivity index (χ2v) is 10.4. The molecule has 0 radical (unpaired) electrons. The SMILES string of the molecule is CC(=O)O[C@H]1CC[C@]2(C)[C@@H](CC[C@@H]3[C@H]4CC(=O)[C@@H](OC(C)=O)[C@]4(C)CC[C@H]32)C1. The largest absolute Gasteiger partial charge is 0.463 e. The molecular weight excluding hydrogens is 356 g/mol. The molecule has 0 aromatic rings. The van der Waals surface area contributed by atoms with Crippen molar-refractivity contribution >= 4 is 17.7 Å². The van der Waals surface area contributed by atoms with Crippen molar-refractivity contribution < 1.29 is 23.9 Å². The standard InChI is InChI=1S/C23H34O5/c1-13(24)27-16-7-9-22(3)15(11-16)5-6-17-18(22)8-10-23(4)19(17)12-20(26)21(23)28-14(2)25/h15-19,21H,5-12H2,1-4H3/t15-,16-,17-,18+,19+,21+,22+,23+/m0/s1. The van der Waals surface area contributed by atoms with Gasteiger partial charge in [-0.2, -0.15) is 0 Å². The first-order valence-corrected chi connectivity index (χ1v) is 11.0. The predicted molar refractivity (Wildman–Crippen MR) is 103 cm³/mol. The first-order chi connectivity index (χ1) is 13.1. The van der Waals surface area contributed by atoms with E-state index in [1.165, 1.54) is 13.8 Å². The Morgan fingerprint density at radius 1 is 0.893 bits per heavy atom. The van der Waals surface area contributed by atoms with Gasteiger partial charge in [0.15, 0.2) is 11.9 Å². The highest BCUT2D eigenvalue weighted by Crippen LogP contribution is 2.66. The van der Waals surface area contributed by atoms with E-state index in [-0.39, 0.29) is 34.7 Å². The molecule has 4 aliphatic carbocycles. The summed E-state index contributed by atoms with van der Waals surface area (Å²) in [6.45, 7) is 7.53. The smallest absolute Gasteiger partial charge is 0.303 e. The molecule has 28 heavy (non-hydrogen) atoms. The van der Waals surface area contributed by atoms with Crippen LogP contribution in [0.4, 0.5) is 0 Å². The fourth-order valence-electron chi connectivity index (χ4n) is 7.68. The van der Waals surface area contributed by atoms with Gasteiger partial charge >= 0.3 is 11.9 Å². The van der Waals surface area contributed by atoms with E-state index in [4.69, 9.17) is 9.47 Å². The van der Waals surface area contributed by atoms with E-state index in [1.54, 1.807) is 0 Å². The molecule has 0 aromatic heterocycles. The van der Waals surface area contributed by atoms with Gasteiger partial charge in [0.05, 0.1) is 0 Å². The molecular formula is C23H34O5. The van der Waals surface area contributed by atoms with Gasteiger partial charge in [0.1, 0.15) is 6.10 Å². The molecule has 156 valence electrons. The minimum absolute atomic E-state index is 0.0717. The van der Waals surface area contributed by atoms with Crippen LogP contribution in [0.3, 0.4) is 0 Å². The van der Waals surface area contributed by atoms with Gasteiger partial charge in [0.2, 0.25) is 0 Å². The predicted octanol–water partition coefficient (Wildman–Crippen LogP) is 4.07. The number of carbonyl (C=O) groups excluding carboxylic acids is 3. The quantitative estimate of drug-likeness (QED) is 0.665. The first-order valence-electron chi connectivity index (χ1n) is 11.0. The number of hydrogen-bond acceptors (Lipinski definition) is 5. The maximum atomic E-state index is 12.7. The Morgan fingerprint density at radius 3 is 2.25 bits per heavy atom. The van der Waals surface area contributed by atoms with E-state index in [1.807, 2.05) is 0 Å². The minimum Gasteiger partial charge on any atom is -0.463 e.